The van der Waals surface area contributed by atoms with Gasteiger partial charge in [0.15, 0.2) is 6.29 Å². The van der Waals surface area contributed by atoms with E-state index in [4.69, 9.17) is 9.47 Å². The van der Waals surface area contributed by atoms with Gasteiger partial charge < -0.3 is 14.2 Å². The molecular formula is C7H13ClO4. The van der Waals surface area contributed by atoms with Crippen molar-refractivity contribution in [1.29, 1.82) is 0 Å². The molecule has 4 nitrogen and oxygen atoms in total. The molecule has 0 unspecified atom stereocenters. The van der Waals surface area contributed by atoms with Gasteiger partial charge in [-0.1, -0.05) is 0 Å². The van der Waals surface area contributed by atoms with Gasteiger partial charge in [0.1, 0.15) is 0 Å². The number of rotatable bonds is 4. The number of esters is 1. The van der Waals surface area contributed by atoms with Crippen LogP contribution in [0, 0.1) is 0 Å². The summed E-state index contributed by atoms with van der Waals surface area (Å²) in [5.74, 6) is -0.427. The third kappa shape index (κ3) is 6.15. The van der Waals surface area contributed by atoms with Gasteiger partial charge >= 0.3 is 5.97 Å². The molecule has 5 heteroatoms. The van der Waals surface area contributed by atoms with Gasteiger partial charge in [-0.3, -0.25) is 0 Å². The van der Waals surface area contributed by atoms with Crippen LogP contribution in [0.25, 0.3) is 0 Å². The smallest absolute Gasteiger partial charge is 0.330 e. The SMILES string of the molecule is COC(=O)/C=C/C(OC)OC.Cl. The highest BCUT2D eigenvalue weighted by molar-refractivity contribution is 5.85. The van der Waals surface area contributed by atoms with E-state index in [0.717, 1.165) is 0 Å². The summed E-state index contributed by atoms with van der Waals surface area (Å²) in [5.41, 5.74) is 0. The number of carbonyl (C=O) groups is 1. The van der Waals surface area contributed by atoms with Crippen LogP contribution in [-0.2, 0) is 19.0 Å². The van der Waals surface area contributed by atoms with E-state index in [1.54, 1.807) is 0 Å². The number of carbonyl (C=O) groups excluding carboxylic acids is 1. The number of methoxy groups -OCH3 is 3. The Morgan fingerprint density at radius 3 is 2.08 bits per heavy atom. The van der Waals surface area contributed by atoms with Gasteiger partial charge in [0.25, 0.3) is 0 Å². The summed E-state index contributed by atoms with van der Waals surface area (Å²) in [6.45, 7) is 0. The first-order valence-corrected chi connectivity index (χ1v) is 3.06. The van der Waals surface area contributed by atoms with Crippen molar-refractivity contribution < 1.29 is 19.0 Å². The van der Waals surface area contributed by atoms with Gasteiger partial charge in [0.05, 0.1) is 7.11 Å². The van der Waals surface area contributed by atoms with E-state index < -0.39 is 12.3 Å². The Balaban J connectivity index is 0. The first-order valence-electron chi connectivity index (χ1n) is 3.06. The fourth-order valence-corrected chi connectivity index (χ4v) is 0.479. The second-order valence-electron chi connectivity index (χ2n) is 1.72. The lowest BCUT2D eigenvalue weighted by atomic mass is 10.5. The number of hydrogen-bond donors (Lipinski definition) is 0. The van der Waals surface area contributed by atoms with Crippen molar-refractivity contribution in [3.05, 3.63) is 12.2 Å². The average molecular weight is 197 g/mol. The molecule has 0 aromatic rings. The largest absolute Gasteiger partial charge is 0.466 e. The molecule has 0 amide bonds. The molecule has 0 fully saturated rings. The predicted octanol–water partition coefficient (Wildman–Crippen LogP) is 0.756. The minimum atomic E-state index is -0.492. The molecule has 0 heterocycles. The fourth-order valence-electron chi connectivity index (χ4n) is 0.479. The third-order valence-corrected chi connectivity index (χ3v) is 1.06. The molecule has 0 aromatic carbocycles. The van der Waals surface area contributed by atoms with E-state index in [0.29, 0.717) is 0 Å². The minimum absolute atomic E-state index is 0. The molecule has 12 heavy (non-hydrogen) atoms. The normalized spacial score (nSPS) is 10.0. The summed E-state index contributed by atoms with van der Waals surface area (Å²) >= 11 is 0. The average Bonchev–Trinajstić information content (AvgIpc) is 2.06. The Labute approximate surface area is 77.9 Å². The lowest BCUT2D eigenvalue weighted by molar-refractivity contribution is -0.135. The molecule has 0 aromatic heterocycles. The van der Waals surface area contributed by atoms with Crippen LogP contribution in [-0.4, -0.2) is 33.6 Å². The second-order valence-corrected chi connectivity index (χ2v) is 1.72. The van der Waals surface area contributed by atoms with Crippen LogP contribution in [0.5, 0.6) is 0 Å². The van der Waals surface area contributed by atoms with Crippen molar-refractivity contribution in [2.75, 3.05) is 21.3 Å². The van der Waals surface area contributed by atoms with E-state index in [1.165, 1.54) is 33.5 Å². The quantitative estimate of drug-likeness (QED) is 0.378. The minimum Gasteiger partial charge on any atom is -0.466 e. The molecule has 72 valence electrons. The third-order valence-electron chi connectivity index (χ3n) is 1.06. The van der Waals surface area contributed by atoms with Gasteiger partial charge in [-0.15, -0.1) is 12.4 Å². The first-order chi connectivity index (χ1) is 5.24. The van der Waals surface area contributed by atoms with Gasteiger partial charge in [-0.25, -0.2) is 4.79 Å². The van der Waals surface area contributed by atoms with Crippen molar-refractivity contribution in [1.82, 2.24) is 0 Å². The Bertz CT molecular complexity index is 142. The van der Waals surface area contributed by atoms with Crippen LogP contribution in [0.3, 0.4) is 0 Å². The maximum atomic E-state index is 10.5. The van der Waals surface area contributed by atoms with Crippen LogP contribution in [0.15, 0.2) is 12.2 Å². The molecule has 0 N–H and O–H groups in total. The van der Waals surface area contributed by atoms with E-state index in [9.17, 15) is 4.79 Å². The zero-order valence-corrected chi connectivity index (χ0v) is 8.09. The van der Waals surface area contributed by atoms with Gasteiger partial charge in [-0.05, 0) is 6.08 Å². The first kappa shape index (κ1) is 14.0. The van der Waals surface area contributed by atoms with Crippen LogP contribution < -0.4 is 0 Å². The van der Waals surface area contributed by atoms with Crippen molar-refractivity contribution in [2.24, 2.45) is 0 Å². The molecule has 0 aliphatic rings. The zero-order valence-electron chi connectivity index (χ0n) is 7.27. The van der Waals surface area contributed by atoms with Crippen LogP contribution in [0.2, 0.25) is 0 Å². The van der Waals surface area contributed by atoms with Gasteiger partial charge in [-0.2, -0.15) is 0 Å². The maximum Gasteiger partial charge on any atom is 0.330 e. The summed E-state index contributed by atoms with van der Waals surface area (Å²) in [7, 11) is 4.27. The Hall–Kier alpha value is -0.580. The fraction of sp³-hybridized carbons (Fsp3) is 0.571. The van der Waals surface area contributed by atoms with E-state index in [-0.39, 0.29) is 12.4 Å². The highest BCUT2D eigenvalue weighted by Crippen LogP contribution is 1.92. The van der Waals surface area contributed by atoms with Crippen molar-refractivity contribution in [3.8, 4) is 0 Å². The van der Waals surface area contributed by atoms with Gasteiger partial charge in [0.2, 0.25) is 0 Å². The zero-order chi connectivity index (χ0) is 8.69. The van der Waals surface area contributed by atoms with Crippen molar-refractivity contribution in [2.45, 2.75) is 6.29 Å². The lowest BCUT2D eigenvalue weighted by Crippen LogP contribution is -2.09. The van der Waals surface area contributed by atoms with E-state index in [2.05, 4.69) is 4.74 Å². The second kappa shape index (κ2) is 8.52. The Morgan fingerprint density at radius 2 is 1.75 bits per heavy atom. The van der Waals surface area contributed by atoms with Gasteiger partial charge in [0, 0.05) is 20.3 Å². The summed E-state index contributed by atoms with van der Waals surface area (Å²) in [5, 5.41) is 0. The molecule has 0 saturated carbocycles. The molecule has 0 spiro atoms. The van der Waals surface area contributed by atoms with E-state index >= 15 is 0 Å². The highest BCUT2D eigenvalue weighted by atomic mass is 35.5. The Kier molecular flexibility index (Phi) is 9.92. The van der Waals surface area contributed by atoms with Crippen molar-refractivity contribution >= 4 is 18.4 Å². The summed E-state index contributed by atoms with van der Waals surface area (Å²) in [6, 6.07) is 0. The lowest BCUT2D eigenvalue weighted by Gasteiger charge is -2.06. The maximum absolute atomic E-state index is 10.5. The summed E-state index contributed by atoms with van der Waals surface area (Å²) < 4.78 is 13.9. The number of halogens is 1. The predicted molar refractivity (Wildman–Crippen MR) is 46.2 cm³/mol. The van der Waals surface area contributed by atoms with E-state index in [1.807, 2.05) is 0 Å². The summed E-state index contributed by atoms with van der Waals surface area (Å²) in [4.78, 5) is 10.5. The molecule has 0 rings (SSSR count). The molecule has 0 aliphatic carbocycles. The van der Waals surface area contributed by atoms with Crippen LogP contribution in [0.4, 0.5) is 0 Å². The summed E-state index contributed by atoms with van der Waals surface area (Å²) in [6.07, 6.45) is 2.22. The molecule has 0 radical (unpaired) electrons. The molecule has 0 bridgehead atoms. The standard InChI is InChI=1S/C7H12O4.ClH/c1-9-6(8)4-5-7(10-2)11-3;/h4-5,7H,1-3H3;1H/b5-4+;. The Morgan fingerprint density at radius 1 is 1.25 bits per heavy atom. The van der Waals surface area contributed by atoms with Crippen molar-refractivity contribution in [3.63, 3.8) is 0 Å². The highest BCUT2D eigenvalue weighted by Gasteiger charge is 1.99. The number of ether oxygens (including phenoxy) is 3. The number of hydrogen-bond acceptors (Lipinski definition) is 4. The molecule has 0 saturated heterocycles. The van der Waals surface area contributed by atoms with Crippen LogP contribution >= 0.6 is 12.4 Å². The monoisotopic (exact) mass is 196 g/mol. The molecular weight excluding hydrogens is 184 g/mol. The molecule has 0 atom stereocenters. The van der Waals surface area contributed by atoms with Crippen LogP contribution in [0.1, 0.15) is 0 Å². The molecule has 0 aliphatic heterocycles. The topological polar surface area (TPSA) is 44.8 Å².